The number of thioether (sulfide) groups is 1. The van der Waals surface area contributed by atoms with Gasteiger partial charge in [-0.25, -0.2) is 0 Å². The van der Waals surface area contributed by atoms with E-state index in [0.717, 1.165) is 37.5 Å². The van der Waals surface area contributed by atoms with Crippen LogP contribution in [0.25, 0.3) is 11.4 Å². The Hall–Kier alpha value is -1.64. The van der Waals surface area contributed by atoms with E-state index in [1.54, 1.807) is 7.11 Å². The molecule has 0 aliphatic heterocycles. The quantitative estimate of drug-likeness (QED) is 0.328. The number of nitrogens with zero attached hydrogens (tertiary/aromatic N) is 3. The maximum atomic E-state index is 12.4. The summed E-state index contributed by atoms with van der Waals surface area (Å²) in [6.07, 6.45) is 0. The average molecular weight is 466 g/mol. The summed E-state index contributed by atoms with van der Waals surface area (Å²) >= 11 is 6.28. The number of ketones is 1. The van der Waals surface area contributed by atoms with Crippen molar-refractivity contribution in [2.24, 2.45) is 5.92 Å². The van der Waals surface area contributed by atoms with Gasteiger partial charge in [-0.15, -0.1) is 21.5 Å². The van der Waals surface area contributed by atoms with Crippen molar-refractivity contribution >= 4 is 44.8 Å². The van der Waals surface area contributed by atoms with Gasteiger partial charge in [0.2, 0.25) is 0 Å². The second kappa shape index (κ2) is 9.03. The highest BCUT2D eigenvalue weighted by Gasteiger charge is 2.18. The van der Waals surface area contributed by atoms with E-state index in [1.807, 2.05) is 36.4 Å². The molecule has 142 valence electrons. The Morgan fingerprint density at radius 1 is 1.22 bits per heavy atom. The van der Waals surface area contributed by atoms with Crippen LogP contribution in [0.5, 0.6) is 5.75 Å². The summed E-state index contributed by atoms with van der Waals surface area (Å²) in [6.45, 7) is 5.09. The highest BCUT2D eigenvalue weighted by atomic mass is 79.9. The molecule has 1 aromatic carbocycles. The Bertz CT molecular complexity index is 919. The first-order chi connectivity index (χ1) is 13.0. The van der Waals surface area contributed by atoms with Crippen LogP contribution in [0.2, 0.25) is 0 Å². The Morgan fingerprint density at radius 2 is 1.96 bits per heavy atom. The van der Waals surface area contributed by atoms with Crippen LogP contribution in [-0.2, 0) is 6.54 Å². The van der Waals surface area contributed by atoms with E-state index in [0.29, 0.717) is 11.7 Å². The number of aromatic nitrogens is 3. The number of halogens is 1. The lowest BCUT2D eigenvalue weighted by Gasteiger charge is -2.12. The van der Waals surface area contributed by atoms with Crippen molar-refractivity contribution < 1.29 is 9.53 Å². The predicted octanol–water partition coefficient (Wildman–Crippen LogP) is 5.41. The van der Waals surface area contributed by atoms with E-state index in [4.69, 9.17) is 4.74 Å². The van der Waals surface area contributed by atoms with Gasteiger partial charge in [0.05, 0.1) is 21.5 Å². The monoisotopic (exact) mass is 465 g/mol. The fourth-order valence-electron chi connectivity index (χ4n) is 2.54. The van der Waals surface area contributed by atoms with Gasteiger partial charge in [-0.3, -0.25) is 4.79 Å². The molecule has 8 heteroatoms. The highest BCUT2D eigenvalue weighted by molar-refractivity contribution is 9.11. The SMILES string of the molecule is COc1ccc(-c2nnc(SCC(=O)c3ccc(Br)s3)n2CC(C)C)cc1. The summed E-state index contributed by atoms with van der Waals surface area (Å²) in [7, 11) is 1.65. The van der Waals surface area contributed by atoms with E-state index in [2.05, 4.69) is 44.5 Å². The first-order valence-corrected chi connectivity index (χ1v) is 11.1. The third kappa shape index (κ3) is 5.00. The van der Waals surface area contributed by atoms with E-state index < -0.39 is 0 Å². The Morgan fingerprint density at radius 3 is 2.56 bits per heavy atom. The molecule has 0 N–H and O–H groups in total. The van der Waals surface area contributed by atoms with Crippen LogP contribution in [-0.4, -0.2) is 33.4 Å². The van der Waals surface area contributed by atoms with Gasteiger partial charge in [0.25, 0.3) is 0 Å². The molecule has 3 aromatic rings. The highest BCUT2D eigenvalue weighted by Crippen LogP contribution is 2.28. The van der Waals surface area contributed by atoms with Crippen LogP contribution in [0.1, 0.15) is 23.5 Å². The van der Waals surface area contributed by atoms with Crippen LogP contribution < -0.4 is 4.74 Å². The molecule has 0 saturated carbocycles. The van der Waals surface area contributed by atoms with E-state index in [9.17, 15) is 4.79 Å². The molecule has 3 rings (SSSR count). The fraction of sp³-hybridized carbons (Fsp3) is 0.316. The minimum atomic E-state index is 0.0980. The van der Waals surface area contributed by atoms with Crippen molar-refractivity contribution in [1.82, 2.24) is 14.8 Å². The summed E-state index contributed by atoms with van der Waals surface area (Å²) in [5.74, 6) is 2.48. The molecule has 0 fully saturated rings. The summed E-state index contributed by atoms with van der Waals surface area (Å²) in [5, 5.41) is 9.49. The van der Waals surface area contributed by atoms with Crippen LogP contribution >= 0.6 is 39.0 Å². The van der Waals surface area contributed by atoms with Crippen molar-refractivity contribution in [1.29, 1.82) is 0 Å². The molecule has 2 heterocycles. The summed E-state index contributed by atoms with van der Waals surface area (Å²) in [5.41, 5.74) is 0.976. The molecule has 0 spiro atoms. The first kappa shape index (κ1) is 20.1. The van der Waals surface area contributed by atoms with Crippen LogP contribution in [0, 0.1) is 5.92 Å². The van der Waals surface area contributed by atoms with E-state index in [1.165, 1.54) is 23.1 Å². The number of carbonyl (C=O) groups is 1. The second-order valence-corrected chi connectivity index (χ2v) is 9.76. The molecule has 0 atom stereocenters. The molecule has 0 aliphatic carbocycles. The number of benzene rings is 1. The molecule has 0 radical (unpaired) electrons. The standard InChI is InChI=1S/C19H20BrN3O2S2/c1-12(2)10-23-18(13-4-6-14(25-3)7-5-13)21-22-19(23)26-11-15(24)16-8-9-17(20)27-16/h4-9,12H,10-11H2,1-3H3. The molecular formula is C19H20BrN3O2S2. The Labute approximate surface area is 175 Å². The number of methoxy groups -OCH3 is 1. The first-order valence-electron chi connectivity index (χ1n) is 8.47. The van der Waals surface area contributed by atoms with Crippen molar-refractivity contribution in [3.05, 3.63) is 45.1 Å². The molecule has 0 amide bonds. The molecule has 0 saturated heterocycles. The Balaban J connectivity index is 1.82. The smallest absolute Gasteiger partial charge is 0.191 e. The van der Waals surface area contributed by atoms with Crippen molar-refractivity contribution in [2.75, 3.05) is 12.9 Å². The van der Waals surface area contributed by atoms with Crippen LogP contribution in [0.4, 0.5) is 0 Å². The lowest BCUT2D eigenvalue weighted by Crippen LogP contribution is -2.09. The number of hydrogen-bond donors (Lipinski definition) is 0. The van der Waals surface area contributed by atoms with Gasteiger partial charge in [0, 0.05) is 12.1 Å². The third-order valence-corrected chi connectivity index (χ3v) is 6.42. The van der Waals surface area contributed by atoms with Gasteiger partial charge in [0.15, 0.2) is 16.8 Å². The van der Waals surface area contributed by atoms with Gasteiger partial charge in [-0.2, -0.15) is 0 Å². The van der Waals surface area contributed by atoms with Gasteiger partial charge < -0.3 is 9.30 Å². The molecule has 2 aromatic heterocycles. The number of Topliss-reactive ketones (excluding diaryl/α,β-unsaturated/α-hetero) is 1. The van der Waals surface area contributed by atoms with Crippen LogP contribution in [0.3, 0.4) is 0 Å². The topological polar surface area (TPSA) is 57.0 Å². The summed E-state index contributed by atoms with van der Waals surface area (Å²) in [6, 6.07) is 11.5. The van der Waals surface area contributed by atoms with Gasteiger partial charge in [0.1, 0.15) is 5.75 Å². The van der Waals surface area contributed by atoms with E-state index >= 15 is 0 Å². The Kier molecular flexibility index (Phi) is 6.73. The number of thiophene rings is 1. The molecule has 0 bridgehead atoms. The van der Waals surface area contributed by atoms with Crippen molar-refractivity contribution in [3.63, 3.8) is 0 Å². The number of carbonyl (C=O) groups excluding carboxylic acids is 1. The summed E-state index contributed by atoms with van der Waals surface area (Å²) in [4.78, 5) is 13.2. The second-order valence-electron chi connectivity index (χ2n) is 6.35. The molecule has 5 nitrogen and oxygen atoms in total. The maximum Gasteiger partial charge on any atom is 0.191 e. The maximum absolute atomic E-state index is 12.4. The third-order valence-electron chi connectivity index (χ3n) is 3.79. The molecule has 0 aliphatic rings. The molecule has 0 unspecified atom stereocenters. The lowest BCUT2D eigenvalue weighted by atomic mass is 10.2. The predicted molar refractivity (Wildman–Crippen MR) is 114 cm³/mol. The minimum Gasteiger partial charge on any atom is -0.497 e. The number of hydrogen-bond acceptors (Lipinski definition) is 6. The minimum absolute atomic E-state index is 0.0980. The average Bonchev–Trinajstić information content (AvgIpc) is 3.26. The van der Waals surface area contributed by atoms with Gasteiger partial charge in [-0.05, 0) is 58.2 Å². The molecule has 27 heavy (non-hydrogen) atoms. The fourth-order valence-corrected chi connectivity index (χ4v) is 4.79. The normalized spacial score (nSPS) is 11.1. The van der Waals surface area contributed by atoms with Crippen molar-refractivity contribution in [3.8, 4) is 17.1 Å². The van der Waals surface area contributed by atoms with E-state index in [-0.39, 0.29) is 5.78 Å². The lowest BCUT2D eigenvalue weighted by molar-refractivity contribution is 0.102. The number of rotatable bonds is 8. The zero-order valence-corrected chi connectivity index (χ0v) is 18.5. The zero-order valence-electron chi connectivity index (χ0n) is 15.3. The zero-order chi connectivity index (χ0) is 19.4. The number of ether oxygens (including phenoxy) is 1. The van der Waals surface area contributed by atoms with Gasteiger partial charge in [-0.1, -0.05) is 25.6 Å². The molecular weight excluding hydrogens is 446 g/mol. The summed E-state index contributed by atoms with van der Waals surface area (Å²) < 4.78 is 8.28. The van der Waals surface area contributed by atoms with Gasteiger partial charge >= 0.3 is 0 Å². The van der Waals surface area contributed by atoms with Crippen LogP contribution in [0.15, 0.2) is 45.3 Å². The van der Waals surface area contributed by atoms with Crippen molar-refractivity contribution in [2.45, 2.75) is 25.5 Å². The largest absolute Gasteiger partial charge is 0.497 e.